The Balaban J connectivity index is 1.52. The molecule has 364 valence electrons. The molecule has 0 aliphatic carbocycles. The molecule has 0 amide bonds. The van der Waals surface area contributed by atoms with E-state index in [9.17, 15) is 108 Å². The first-order valence-corrected chi connectivity index (χ1v) is 25.7. The molecule has 0 fully saturated rings. The minimum absolute atomic E-state index is 0.307. The first-order valence-electron chi connectivity index (χ1n) is 17.1. The summed E-state index contributed by atoms with van der Waals surface area (Å²) < 4.78 is 206. The number of non-ortho nitro benzene ring substituents is 1. The Morgan fingerprint density at radius 3 is 1.19 bits per heavy atom. The van der Waals surface area contributed by atoms with Crippen molar-refractivity contribution in [3.8, 4) is 23.0 Å². The number of phenols is 4. The van der Waals surface area contributed by atoms with Crippen molar-refractivity contribution in [3.63, 3.8) is 0 Å². The van der Waals surface area contributed by atoms with Crippen LogP contribution in [0.2, 0.25) is 0 Å². The summed E-state index contributed by atoms with van der Waals surface area (Å²) in [5.41, 5.74) is -7.44. The number of fused-ring (bicyclic) bond motifs is 2. The highest BCUT2D eigenvalue weighted by atomic mass is 32.2. The van der Waals surface area contributed by atoms with E-state index in [0.29, 0.717) is 60.7 Å². The number of hydrogen-bond acceptors (Lipinski definition) is 24. The summed E-state index contributed by atoms with van der Waals surface area (Å²) in [6, 6.07) is 5.56. The van der Waals surface area contributed by atoms with Crippen LogP contribution in [0.4, 0.5) is 39.8 Å². The fraction of sp³-hybridized carbons (Fsp3) is 0. The number of nitrogens with zero attached hydrogens (tertiary/aromatic N) is 7. The van der Waals surface area contributed by atoms with Gasteiger partial charge in [0.05, 0.1) is 26.3 Å². The Hall–Kier alpha value is -7.30. The Morgan fingerprint density at radius 1 is 0.406 bits per heavy atom. The van der Waals surface area contributed by atoms with Gasteiger partial charge in [0.2, 0.25) is 0 Å². The molecule has 6 aromatic carbocycles. The molecule has 0 radical (unpaired) electrons. The molecule has 0 bridgehead atoms. The highest BCUT2D eigenvalue weighted by molar-refractivity contribution is 7.87. The van der Waals surface area contributed by atoms with Crippen LogP contribution in [0.25, 0.3) is 21.5 Å². The molecule has 0 aliphatic rings. The minimum atomic E-state index is -5.63. The first kappa shape index (κ1) is 51.1. The third-order valence-electron chi connectivity index (χ3n) is 8.92. The maximum atomic E-state index is 12.5. The van der Waals surface area contributed by atoms with Gasteiger partial charge in [0.25, 0.3) is 66.4 Å². The van der Waals surface area contributed by atoms with Gasteiger partial charge in [0.15, 0.2) is 17.2 Å². The highest BCUT2D eigenvalue weighted by Gasteiger charge is 2.31. The monoisotopic (exact) mass is 1080 g/mol. The normalized spacial score (nSPS) is 13.4. The molecule has 31 nitrogen and oxygen atoms in total. The molecule has 0 saturated heterocycles. The minimum Gasteiger partial charge on any atom is -0.507 e. The molecule has 0 saturated carbocycles. The summed E-state index contributed by atoms with van der Waals surface area (Å²) in [7, 11) is -32.5. The second-order valence-corrected chi connectivity index (χ2v) is 21.7. The van der Waals surface area contributed by atoms with Crippen LogP contribution in [0.5, 0.6) is 23.0 Å². The van der Waals surface area contributed by atoms with Crippen LogP contribution in [-0.4, -0.2) is 103 Å². The van der Waals surface area contributed by atoms with Crippen LogP contribution in [0.1, 0.15) is 0 Å². The van der Waals surface area contributed by atoms with Gasteiger partial charge in [-0.25, -0.2) is 0 Å². The van der Waals surface area contributed by atoms with E-state index in [0.717, 1.165) is 6.07 Å². The standard InChI is InChI=1S/C32H21N7O24S6/c40-19-11-16(64(46,47)48)5-12-6-22(67(55,56)57)27(30(41)25(12)19)36-33-14-1-3-17(20(9-14)65(49,50)51)34-37-28-23(68(58,59)60)7-13-8-24(69(61,62)63)29(32(43)26(13)31(28)42)38-35-18-4-2-15(39(44)45)10-21(18)66(52,53)54/h1-11,40-43H,(H,46,47,48)(H,49,50,51)(H,52,53,54)(H,55,56,57)(H,58,59,60)(H,61,62,63). The van der Waals surface area contributed by atoms with Gasteiger partial charge in [-0.05, 0) is 59.3 Å². The second-order valence-electron chi connectivity index (χ2n) is 13.4. The van der Waals surface area contributed by atoms with Crippen LogP contribution in [0.15, 0.2) is 127 Å². The zero-order valence-electron chi connectivity index (χ0n) is 32.6. The SMILES string of the molecule is O=[N+]([O-])c1ccc(N=Nc2c(S(=O)(=O)O)cc3cc(S(=O)(=O)O)c(N=Nc4ccc(N=Nc5c(S(=O)(=O)O)cc6cc(S(=O)(=O)O)cc(O)c6c5O)cc4S(=O)(=O)O)c(O)c3c2O)c(S(=O)(=O)O)c1. The van der Waals surface area contributed by atoms with Gasteiger partial charge in [-0.15, -0.1) is 25.6 Å². The molecular weight excluding hydrogens is 1060 g/mol. The molecule has 0 aliphatic heterocycles. The van der Waals surface area contributed by atoms with Gasteiger partial charge >= 0.3 is 0 Å². The zero-order chi connectivity index (χ0) is 51.7. The molecule has 6 rings (SSSR count). The first-order chi connectivity index (χ1) is 31.5. The van der Waals surface area contributed by atoms with Crippen LogP contribution >= 0.6 is 0 Å². The molecule has 0 heterocycles. The Bertz CT molecular complexity index is 4090. The van der Waals surface area contributed by atoms with Crippen molar-refractivity contribution in [3.05, 3.63) is 76.8 Å². The fourth-order valence-electron chi connectivity index (χ4n) is 6.00. The molecule has 0 atom stereocenters. The zero-order valence-corrected chi connectivity index (χ0v) is 37.5. The number of hydrogen-bond donors (Lipinski definition) is 10. The maximum absolute atomic E-state index is 12.5. The number of nitro groups is 1. The lowest BCUT2D eigenvalue weighted by molar-refractivity contribution is -0.385. The van der Waals surface area contributed by atoms with Gasteiger partial charge in [-0.3, -0.25) is 37.4 Å². The summed E-state index contributed by atoms with van der Waals surface area (Å²) >= 11 is 0. The van der Waals surface area contributed by atoms with E-state index in [1.807, 2.05) is 0 Å². The number of phenolic OH excluding ortho intramolecular Hbond substituents is 4. The van der Waals surface area contributed by atoms with Crippen molar-refractivity contribution >= 4 is 122 Å². The molecule has 69 heavy (non-hydrogen) atoms. The molecule has 37 heteroatoms. The number of azo groups is 3. The fourth-order valence-corrected chi connectivity index (χ4v) is 9.80. The summed E-state index contributed by atoms with van der Waals surface area (Å²) in [6.45, 7) is 0. The van der Waals surface area contributed by atoms with E-state index in [1.54, 1.807) is 0 Å². The van der Waals surface area contributed by atoms with Gasteiger partial charge in [0.1, 0.15) is 58.7 Å². The van der Waals surface area contributed by atoms with E-state index in [2.05, 4.69) is 30.7 Å². The maximum Gasteiger partial charge on any atom is 0.297 e. The van der Waals surface area contributed by atoms with Crippen LogP contribution in [0, 0.1) is 10.1 Å². The van der Waals surface area contributed by atoms with Gasteiger partial charge in [-0.2, -0.15) is 55.6 Å². The van der Waals surface area contributed by atoms with E-state index >= 15 is 0 Å². The van der Waals surface area contributed by atoms with Crippen LogP contribution in [0.3, 0.4) is 0 Å². The smallest absolute Gasteiger partial charge is 0.297 e. The van der Waals surface area contributed by atoms with Crippen molar-refractivity contribution in [1.29, 1.82) is 0 Å². The summed E-state index contributed by atoms with van der Waals surface area (Å²) in [5, 5.41) is 72.4. The van der Waals surface area contributed by atoms with Crippen LogP contribution < -0.4 is 0 Å². The molecule has 6 aromatic rings. The van der Waals surface area contributed by atoms with Crippen molar-refractivity contribution < 1.29 is 103 Å². The Labute approximate surface area is 383 Å². The molecular formula is C32H21N7O24S6. The molecule has 0 aromatic heterocycles. The van der Waals surface area contributed by atoms with E-state index in [1.165, 1.54) is 0 Å². The Morgan fingerprint density at radius 2 is 0.783 bits per heavy atom. The summed E-state index contributed by atoms with van der Waals surface area (Å²) in [5.74, 6) is -5.46. The van der Waals surface area contributed by atoms with E-state index in [4.69, 9.17) is 0 Å². The lowest BCUT2D eigenvalue weighted by Crippen LogP contribution is -2.02. The van der Waals surface area contributed by atoms with Gasteiger partial charge in [-0.1, -0.05) is 0 Å². The lowest BCUT2D eigenvalue weighted by atomic mass is 10.1. The number of rotatable bonds is 13. The second kappa shape index (κ2) is 17.3. The van der Waals surface area contributed by atoms with E-state index < -0.39 is 179 Å². The predicted octanol–water partition coefficient (Wildman–Crippen LogP) is 5.45. The molecule has 10 N–H and O–H groups in total. The number of benzene rings is 6. The van der Waals surface area contributed by atoms with Gasteiger partial charge < -0.3 is 20.4 Å². The summed E-state index contributed by atoms with van der Waals surface area (Å²) in [6.07, 6.45) is 0. The average molecular weight is 1080 g/mol. The van der Waals surface area contributed by atoms with Crippen molar-refractivity contribution in [1.82, 2.24) is 0 Å². The largest absolute Gasteiger partial charge is 0.507 e. The van der Waals surface area contributed by atoms with Gasteiger partial charge in [0, 0.05) is 18.2 Å². The predicted molar refractivity (Wildman–Crippen MR) is 226 cm³/mol. The average Bonchev–Trinajstić information content (AvgIpc) is 3.20. The van der Waals surface area contributed by atoms with Crippen molar-refractivity contribution in [2.24, 2.45) is 30.7 Å². The molecule has 0 unspecified atom stereocenters. The molecule has 0 spiro atoms. The highest BCUT2D eigenvalue weighted by Crippen LogP contribution is 2.51. The summed E-state index contributed by atoms with van der Waals surface area (Å²) in [4.78, 5) is 2.32. The van der Waals surface area contributed by atoms with Crippen LogP contribution in [-0.2, 0) is 60.7 Å². The lowest BCUT2D eigenvalue weighted by Gasteiger charge is -2.13. The number of aromatic hydroxyl groups is 4. The topological polar surface area (TPSA) is 524 Å². The quantitative estimate of drug-likeness (QED) is 0.0297. The van der Waals surface area contributed by atoms with Crippen molar-refractivity contribution in [2.45, 2.75) is 29.4 Å². The Kier molecular flexibility index (Phi) is 12.8. The number of nitro benzene ring substituents is 1. The van der Waals surface area contributed by atoms with E-state index in [-0.39, 0.29) is 0 Å². The third-order valence-corrected chi connectivity index (χ3v) is 14.1. The van der Waals surface area contributed by atoms with Crippen molar-refractivity contribution in [2.75, 3.05) is 0 Å². The third kappa shape index (κ3) is 10.4.